The summed E-state index contributed by atoms with van der Waals surface area (Å²) in [7, 11) is 0. The molecule has 3 atom stereocenters. The van der Waals surface area contributed by atoms with E-state index in [1.54, 1.807) is 0 Å². The van der Waals surface area contributed by atoms with E-state index >= 15 is 0 Å². The summed E-state index contributed by atoms with van der Waals surface area (Å²) in [6.45, 7) is 6.01. The standard InChI is InChI=1S/C20H26N2O.ClH/c1-4-16-10-12-17(13-11-16)15(3)22-20(23)14(2)19(21)18-8-6-5-7-9-18;/h5-15,19H,4,21H2,1-3H3,(H,22,23);1H. The van der Waals surface area contributed by atoms with Gasteiger partial charge in [0, 0.05) is 6.04 Å². The summed E-state index contributed by atoms with van der Waals surface area (Å²) >= 11 is 0. The molecule has 3 unspecified atom stereocenters. The number of hydrogen-bond donors (Lipinski definition) is 2. The number of halogens is 1. The lowest BCUT2D eigenvalue weighted by Gasteiger charge is -2.22. The number of nitrogens with two attached hydrogens (primary N) is 1. The SMILES string of the molecule is CCc1ccc(C(C)NC(=O)C(C)C(N)c2ccccc2)cc1.Cl. The molecular weight excluding hydrogens is 320 g/mol. The van der Waals surface area contributed by atoms with Crippen molar-refractivity contribution in [2.45, 2.75) is 39.3 Å². The number of carbonyl (C=O) groups excluding carboxylic acids is 1. The summed E-state index contributed by atoms with van der Waals surface area (Å²) < 4.78 is 0. The van der Waals surface area contributed by atoms with Gasteiger partial charge in [0.25, 0.3) is 0 Å². The van der Waals surface area contributed by atoms with Gasteiger partial charge in [-0.05, 0) is 30.0 Å². The highest BCUT2D eigenvalue weighted by Crippen LogP contribution is 2.21. The van der Waals surface area contributed by atoms with Crippen molar-refractivity contribution in [2.24, 2.45) is 11.7 Å². The van der Waals surface area contributed by atoms with Crippen molar-refractivity contribution in [3.8, 4) is 0 Å². The van der Waals surface area contributed by atoms with Crippen LogP contribution in [0.25, 0.3) is 0 Å². The smallest absolute Gasteiger partial charge is 0.225 e. The Kier molecular flexibility index (Phi) is 7.96. The maximum absolute atomic E-state index is 12.5. The Morgan fingerprint density at radius 1 is 1.00 bits per heavy atom. The minimum Gasteiger partial charge on any atom is -0.349 e. The van der Waals surface area contributed by atoms with Crippen molar-refractivity contribution in [1.82, 2.24) is 5.32 Å². The zero-order valence-electron chi connectivity index (χ0n) is 14.5. The summed E-state index contributed by atoms with van der Waals surface area (Å²) in [5, 5.41) is 3.07. The van der Waals surface area contributed by atoms with Gasteiger partial charge in [0.15, 0.2) is 0 Å². The van der Waals surface area contributed by atoms with Crippen LogP contribution in [0.2, 0.25) is 0 Å². The van der Waals surface area contributed by atoms with Gasteiger partial charge in [0.05, 0.1) is 12.0 Å². The van der Waals surface area contributed by atoms with Gasteiger partial charge in [-0.15, -0.1) is 12.4 Å². The molecule has 0 aliphatic carbocycles. The molecule has 24 heavy (non-hydrogen) atoms. The number of benzene rings is 2. The molecule has 2 rings (SSSR count). The molecule has 0 bridgehead atoms. The Morgan fingerprint density at radius 3 is 2.12 bits per heavy atom. The van der Waals surface area contributed by atoms with E-state index in [1.807, 2.05) is 44.2 Å². The van der Waals surface area contributed by atoms with Crippen molar-refractivity contribution in [3.05, 3.63) is 71.3 Å². The molecule has 0 aromatic heterocycles. The Hall–Kier alpha value is -1.84. The zero-order valence-corrected chi connectivity index (χ0v) is 15.3. The number of rotatable bonds is 6. The lowest BCUT2D eigenvalue weighted by atomic mass is 9.94. The second-order valence-electron chi connectivity index (χ2n) is 6.05. The third-order valence-electron chi connectivity index (χ3n) is 4.38. The molecule has 0 saturated heterocycles. The molecule has 3 nitrogen and oxygen atoms in total. The zero-order chi connectivity index (χ0) is 16.8. The summed E-state index contributed by atoms with van der Waals surface area (Å²) in [6.07, 6.45) is 1.02. The first kappa shape index (κ1) is 20.2. The van der Waals surface area contributed by atoms with Crippen LogP contribution < -0.4 is 11.1 Å². The van der Waals surface area contributed by atoms with E-state index in [0.717, 1.165) is 17.5 Å². The third kappa shape index (κ3) is 5.08. The van der Waals surface area contributed by atoms with Crippen LogP contribution in [0.5, 0.6) is 0 Å². The Morgan fingerprint density at radius 2 is 1.58 bits per heavy atom. The normalized spacial score (nSPS) is 14.2. The number of carbonyl (C=O) groups is 1. The summed E-state index contributed by atoms with van der Waals surface area (Å²) in [5.74, 6) is -0.303. The van der Waals surface area contributed by atoms with Crippen LogP contribution in [0, 0.1) is 5.92 Å². The highest BCUT2D eigenvalue weighted by Gasteiger charge is 2.23. The van der Waals surface area contributed by atoms with E-state index in [4.69, 9.17) is 5.73 Å². The van der Waals surface area contributed by atoms with Crippen LogP contribution in [0.15, 0.2) is 54.6 Å². The molecule has 2 aromatic carbocycles. The molecule has 0 fully saturated rings. The van der Waals surface area contributed by atoms with E-state index in [-0.39, 0.29) is 36.3 Å². The van der Waals surface area contributed by atoms with Crippen LogP contribution in [0.1, 0.15) is 49.5 Å². The fraction of sp³-hybridized carbons (Fsp3) is 0.350. The van der Waals surface area contributed by atoms with Gasteiger partial charge in [-0.2, -0.15) is 0 Å². The van der Waals surface area contributed by atoms with Crippen LogP contribution in [0.4, 0.5) is 0 Å². The molecule has 1 amide bonds. The van der Waals surface area contributed by atoms with Crippen molar-refractivity contribution < 1.29 is 4.79 Å². The van der Waals surface area contributed by atoms with E-state index in [9.17, 15) is 4.79 Å². The number of hydrogen-bond acceptors (Lipinski definition) is 2. The number of amides is 1. The van der Waals surface area contributed by atoms with Gasteiger partial charge in [0.2, 0.25) is 5.91 Å². The quantitative estimate of drug-likeness (QED) is 0.824. The largest absolute Gasteiger partial charge is 0.349 e. The topological polar surface area (TPSA) is 55.1 Å². The van der Waals surface area contributed by atoms with Crippen LogP contribution in [0.3, 0.4) is 0 Å². The maximum atomic E-state index is 12.5. The van der Waals surface area contributed by atoms with Crippen molar-refractivity contribution >= 4 is 18.3 Å². The van der Waals surface area contributed by atoms with Crippen molar-refractivity contribution in [2.75, 3.05) is 0 Å². The molecular formula is C20H27ClN2O. The van der Waals surface area contributed by atoms with Gasteiger partial charge >= 0.3 is 0 Å². The minimum atomic E-state index is -0.300. The Labute approximate surface area is 151 Å². The fourth-order valence-corrected chi connectivity index (χ4v) is 2.60. The molecule has 4 heteroatoms. The van der Waals surface area contributed by atoms with E-state index in [2.05, 4.69) is 36.5 Å². The molecule has 2 aromatic rings. The minimum absolute atomic E-state index is 0. The summed E-state index contributed by atoms with van der Waals surface area (Å²) in [6, 6.07) is 17.8. The van der Waals surface area contributed by atoms with Gasteiger partial charge in [-0.25, -0.2) is 0 Å². The highest BCUT2D eigenvalue weighted by molar-refractivity contribution is 5.85. The average molecular weight is 347 g/mol. The van der Waals surface area contributed by atoms with Crippen LogP contribution in [-0.2, 0) is 11.2 Å². The van der Waals surface area contributed by atoms with Crippen molar-refractivity contribution in [1.29, 1.82) is 0 Å². The summed E-state index contributed by atoms with van der Waals surface area (Å²) in [4.78, 5) is 12.5. The Bertz CT molecular complexity index is 628. The first-order valence-corrected chi connectivity index (χ1v) is 8.22. The molecule has 130 valence electrons. The summed E-state index contributed by atoms with van der Waals surface area (Å²) in [5.41, 5.74) is 9.62. The molecule has 0 heterocycles. The second-order valence-corrected chi connectivity index (χ2v) is 6.05. The maximum Gasteiger partial charge on any atom is 0.225 e. The van der Waals surface area contributed by atoms with Gasteiger partial charge < -0.3 is 11.1 Å². The average Bonchev–Trinajstić information content (AvgIpc) is 2.61. The number of aryl methyl sites for hydroxylation is 1. The second kappa shape index (κ2) is 9.45. The molecule has 0 aliphatic rings. The molecule has 3 N–H and O–H groups in total. The number of nitrogens with one attached hydrogen (secondary N) is 1. The van der Waals surface area contributed by atoms with Gasteiger partial charge in [-0.3, -0.25) is 4.79 Å². The lowest BCUT2D eigenvalue weighted by molar-refractivity contribution is -0.125. The first-order chi connectivity index (χ1) is 11.0. The monoisotopic (exact) mass is 346 g/mol. The predicted octanol–water partition coefficient (Wildman–Crippen LogP) is 4.18. The van der Waals surface area contributed by atoms with Crippen molar-refractivity contribution in [3.63, 3.8) is 0 Å². The highest BCUT2D eigenvalue weighted by atomic mass is 35.5. The molecule has 0 spiro atoms. The van der Waals surface area contributed by atoms with Crippen LogP contribution >= 0.6 is 12.4 Å². The molecule has 0 radical (unpaired) electrons. The first-order valence-electron chi connectivity index (χ1n) is 8.22. The van der Waals surface area contributed by atoms with E-state index in [0.29, 0.717) is 0 Å². The Balaban J connectivity index is 0.00000288. The van der Waals surface area contributed by atoms with Gasteiger partial charge in [-0.1, -0.05) is 68.4 Å². The predicted molar refractivity (Wildman–Crippen MR) is 102 cm³/mol. The lowest BCUT2D eigenvalue weighted by Crippen LogP contribution is -2.36. The van der Waals surface area contributed by atoms with Gasteiger partial charge in [0.1, 0.15) is 0 Å². The molecule has 0 aliphatic heterocycles. The van der Waals surface area contributed by atoms with E-state index in [1.165, 1.54) is 5.56 Å². The molecule has 0 saturated carbocycles. The van der Waals surface area contributed by atoms with Crippen LogP contribution in [-0.4, -0.2) is 5.91 Å². The third-order valence-corrected chi connectivity index (χ3v) is 4.38. The van der Waals surface area contributed by atoms with E-state index < -0.39 is 0 Å². The fourth-order valence-electron chi connectivity index (χ4n) is 2.60.